The Morgan fingerprint density at radius 3 is 2.75 bits per heavy atom. The Morgan fingerprint density at radius 2 is 2.25 bits per heavy atom. The topological polar surface area (TPSA) is 84.7 Å². The molecule has 2 unspecified atom stereocenters. The Morgan fingerprint density at radius 1 is 1.55 bits per heavy atom. The molecule has 1 saturated heterocycles. The van der Waals surface area contributed by atoms with Gasteiger partial charge in [-0.15, -0.1) is 0 Å². The Labute approximate surface area is 117 Å². The summed E-state index contributed by atoms with van der Waals surface area (Å²) in [6.07, 6.45) is 0. The highest BCUT2D eigenvalue weighted by atomic mass is 16.5. The highest BCUT2D eigenvalue weighted by Crippen LogP contribution is 2.22. The third kappa shape index (κ3) is 2.53. The number of ether oxygens (including phenoxy) is 1. The number of amides is 1. The average molecular weight is 281 g/mol. The minimum absolute atomic E-state index is 0.147. The Kier molecular flexibility index (Phi) is 4.08. The average Bonchev–Trinajstić information content (AvgIpc) is 2.97. The normalized spacial score (nSPS) is 21.9. The predicted molar refractivity (Wildman–Crippen MR) is 70.4 cm³/mol. The lowest BCUT2D eigenvalue weighted by molar-refractivity contribution is -0.142. The number of hydrogen-bond acceptors (Lipinski definition) is 4. The summed E-state index contributed by atoms with van der Waals surface area (Å²) in [6, 6.07) is 1.27. The van der Waals surface area contributed by atoms with Gasteiger partial charge in [-0.25, -0.2) is 0 Å². The van der Waals surface area contributed by atoms with Gasteiger partial charge in [-0.2, -0.15) is 5.10 Å². The van der Waals surface area contributed by atoms with E-state index in [1.165, 1.54) is 4.68 Å². The molecule has 1 aromatic rings. The Hall–Kier alpha value is -1.89. The monoisotopic (exact) mass is 281 g/mol. The maximum atomic E-state index is 12.6. The van der Waals surface area contributed by atoms with Gasteiger partial charge in [0, 0.05) is 13.6 Å². The number of carbonyl (C=O) groups excluding carboxylic acids is 1. The van der Waals surface area contributed by atoms with Gasteiger partial charge in [0.25, 0.3) is 5.91 Å². The van der Waals surface area contributed by atoms with Gasteiger partial charge < -0.3 is 14.7 Å². The van der Waals surface area contributed by atoms with E-state index < -0.39 is 17.9 Å². The second-order valence-electron chi connectivity index (χ2n) is 4.94. The van der Waals surface area contributed by atoms with Crippen LogP contribution in [-0.4, -0.2) is 57.5 Å². The highest BCUT2D eigenvalue weighted by Gasteiger charge is 2.40. The standard InChI is InChI=1S/C13H19N3O4/c1-4-16(11-7-20-6-9(11)13(18)19)12(17)10-5-8(2)14-15(10)3/h5,9,11H,4,6-7H2,1-3H3,(H,18,19). The quantitative estimate of drug-likeness (QED) is 0.857. The molecule has 2 atom stereocenters. The first-order valence-electron chi connectivity index (χ1n) is 6.57. The van der Waals surface area contributed by atoms with Crippen molar-refractivity contribution in [3.8, 4) is 0 Å². The minimum Gasteiger partial charge on any atom is -0.481 e. The third-order valence-corrected chi connectivity index (χ3v) is 3.59. The van der Waals surface area contributed by atoms with Crippen molar-refractivity contribution in [1.82, 2.24) is 14.7 Å². The van der Waals surface area contributed by atoms with Gasteiger partial charge in [-0.1, -0.05) is 0 Å². The molecule has 1 fully saturated rings. The summed E-state index contributed by atoms with van der Waals surface area (Å²) in [4.78, 5) is 25.4. The van der Waals surface area contributed by atoms with Gasteiger partial charge in [-0.05, 0) is 19.9 Å². The van der Waals surface area contributed by atoms with E-state index in [-0.39, 0.29) is 19.1 Å². The maximum Gasteiger partial charge on any atom is 0.311 e. The lowest BCUT2D eigenvalue weighted by atomic mass is 10.0. The van der Waals surface area contributed by atoms with E-state index in [0.717, 1.165) is 5.69 Å². The van der Waals surface area contributed by atoms with E-state index in [1.54, 1.807) is 18.0 Å². The summed E-state index contributed by atoms with van der Waals surface area (Å²) in [5, 5.41) is 13.4. The molecule has 2 rings (SSSR count). The number of hydrogen-bond donors (Lipinski definition) is 1. The highest BCUT2D eigenvalue weighted by molar-refractivity contribution is 5.93. The number of likely N-dealkylation sites (N-methyl/N-ethyl adjacent to an activating group) is 1. The van der Waals surface area contributed by atoms with Crippen LogP contribution in [0.5, 0.6) is 0 Å². The van der Waals surface area contributed by atoms with Gasteiger partial charge in [0.1, 0.15) is 11.6 Å². The first kappa shape index (κ1) is 14.5. The second kappa shape index (κ2) is 5.62. The Balaban J connectivity index is 2.26. The van der Waals surface area contributed by atoms with Crippen LogP contribution in [0.25, 0.3) is 0 Å². The van der Waals surface area contributed by atoms with Crippen LogP contribution in [0.3, 0.4) is 0 Å². The molecule has 0 spiro atoms. The molecular weight excluding hydrogens is 262 g/mol. The Bertz CT molecular complexity index is 526. The van der Waals surface area contributed by atoms with Crippen molar-refractivity contribution >= 4 is 11.9 Å². The van der Waals surface area contributed by atoms with E-state index in [9.17, 15) is 14.7 Å². The van der Waals surface area contributed by atoms with Crippen molar-refractivity contribution in [3.63, 3.8) is 0 Å². The lowest BCUT2D eigenvalue weighted by Crippen LogP contribution is -2.46. The number of rotatable bonds is 4. The molecule has 1 aromatic heterocycles. The van der Waals surface area contributed by atoms with Crippen LogP contribution in [-0.2, 0) is 16.6 Å². The van der Waals surface area contributed by atoms with Crippen LogP contribution >= 0.6 is 0 Å². The summed E-state index contributed by atoms with van der Waals surface area (Å²) < 4.78 is 6.76. The molecule has 0 bridgehead atoms. The number of aryl methyl sites for hydroxylation is 2. The number of aliphatic carboxylic acids is 1. The zero-order valence-electron chi connectivity index (χ0n) is 11.9. The summed E-state index contributed by atoms with van der Waals surface area (Å²) in [6.45, 7) is 4.48. The first-order valence-corrected chi connectivity index (χ1v) is 6.57. The molecule has 1 N–H and O–H groups in total. The SMILES string of the molecule is CCN(C(=O)c1cc(C)nn1C)C1COCC1C(=O)O. The van der Waals surface area contributed by atoms with Crippen LogP contribution < -0.4 is 0 Å². The van der Waals surface area contributed by atoms with Crippen LogP contribution in [0.4, 0.5) is 0 Å². The van der Waals surface area contributed by atoms with Crippen molar-refractivity contribution < 1.29 is 19.4 Å². The first-order chi connectivity index (χ1) is 9.45. The molecule has 0 aliphatic carbocycles. The summed E-state index contributed by atoms with van der Waals surface area (Å²) >= 11 is 0. The smallest absolute Gasteiger partial charge is 0.311 e. The molecule has 7 heteroatoms. The van der Waals surface area contributed by atoms with E-state index in [2.05, 4.69) is 5.10 Å². The molecule has 1 amide bonds. The molecule has 20 heavy (non-hydrogen) atoms. The molecule has 2 heterocycles. The molecule has 1 aliphatic rings. The number of nitrogens with zero attached hydrogens (tertiary/aromatic N) is 3. The number of aromatic nitrogens is 2. The number of carboxylic acid groups (broad SMARTS) is 1. The number of carbonyl (C=O) groups is 2. The van der Waals surface area contributed by atoms with Gasteiger partial charge in [0.15, 0.2) is 0 Å². The fourth-order valence-electron chi connectivity index (χ4n) is 2.57. The van der Waals surface area contributed by atoms with E-state index >= 15 is 0 Å². The van der Waals surface area contributed by atoms with Crippen LogP contribution in [0.2, 0.25) is 0 Å². The van der Waals surface area contributed by atoms with Gasteiger partial charge in [0.2, 0.25) is 0 Å². The molecule has 7 nitrogen and oxygen atoms in total. The molecule has 0 saturated carbocycles. The molecule has 1 aliphatic heterocycles. The van der Waals surface area contributed by atoms with Crippen molar-refractivity contribution in [2.24, 2.45) is 13.0 Å². The van der Waals surface area contributed by atoms with Crippen molar-refractivity contribution in [2.75, 3.05) is 19.8 Å². The fourth-order valence-corrected chi connectivity index (χ4v) is 2.57. The van der Waals surface area contributed by atoms with E-state index in [1.807, 2.05) is 13.8 Å². The van der Waals surface area contributed by atoms with Crippen molar-refractivity contribution in [3.05, 3.63) is 17.5 Å². The minimum atomic E-state index is -0.931. The fraction of sp³-hybridized carbons (Fsp3) is 0.615. The molecule has 0 aromatic carbocycles. The van der Waals surface area contributed by atoms with Gasteiger partial charge in [0.05, 0.1) is 24.9 Å². The van der Waals surface area contributed by atoms with E-state index in [0.29, 0.717) is 12.2 Å². The van der Waals surface area contributed by atoms with Crippen LogP contribution in [0.15, 0.2) is 6.07 Å². The summed E-state index contributed by atoms with van der Waals surface area (Å²) in [5.74, 6) is -1.81. The zero-order valence-corrected chi connectivity index (χ0v) is 11.9. The third-order valence-electron chi connectivity index (χ3n) is 3.59. The second-order valence-corrected chi connectivity index (χ2v) is 4.94. The van der Waals surface area contributed by atoms with E-state index in [4.69, 9.17) is 4.74 Å². The molecular formula is C13H19N3O4. The van der Waals surface area contributed by atoms with Crippen LogP contribution in [0, 0.1) is 12.8 Å². The van der Waals surface area contributed by atoms with Gasteiger partial charge >= 0.3 is 5.97 Å². The summed E-state index contributed by atoms with van der Waals surface area (Å²) in [7, 11) is 1.70. The zero-order chi connectivity index (χ0) is 14.9. The molecule has 110 valence electrons. The molecule has 0 radical (unpaired) electrons. The predicted octanol–water partition coefficient (Wildman–Crippen LogP) is 0.290. The largest absolute Gasteiger partial charge is 0.481 e. The maximum absolute atomic E-state index is 12.6. The lowest BCUT2D eigenvalue weighted by Gasteiger charge is -2.29. The van der Waals surface area contributed by atoms with Crippen molar-refractivity contribution in [2.45, 2.75) is 19.9 Å². The van der Waals surface area contributed by atoms with Crippen LogP contribution in [0.1, 0.15) is 23.1 Å². The summed E-state index contributed by atoms with van der Waals surface area (Å²) in [5.41, 5.74) is 1.21. The number of carboxylic acids is 1. The van der Waals surface area contributed by atoms with Gasteiger partial charge in [-0.3, -0.25) is 14.3 Å². The van der Waals surface area contributed by atoms with Crippen molar-refractivity contribution in [1.29, 1.82) is 0 Å².